The van der Waals surface area contributed by atoms with Gasteiger partial charge in [0.05, 0.1) is 11.3 Å². The monoisotopic (exact) mass is 411 g/mol. The maximum atomic E-state index is 13.0. The number of carbonyl (C=O) groups excluding carboxylic acids is 2. The molecule has 8 heteroatoms. The van der Waals surface area contributed by atoms with Gasteiger partial charge in [-0.2, -0.15) is 0 Å². The SMILES string of the molecule is Cc1noc(C)c1C(=O)N1CCCC(c2ccc(C(=O)N3CCN(C)CC3)cn2)C1. The number of carbonyl (C=O) groups is 2. The highest BCUT2D eigenvalue weighted by molar-refractivity contribution is 5.96. The minimum atomic E-state index is -0.0298. The zero-order chi connectivity index (χ0) is 21.3. The fraction of sp³-hybridized carbons (Fsp3) is 0.545. The molecule has 2 aliphatic heterocycles. The van der Waals surface area contributed by atoms with Gasteiger partial charge in [-0.25, -0.2) is 0 Å². The highest BCUT2D eigenvalue weighted by Crippen LogP contribution is 2.28. The summed E-state index contributed by atoms with van der Waals surface area (Å²) in [5.41, 5.74) is 2.75. The van der Waals surface area contributed by atoms with Crippen molar-refractivity contribution >= 4 is 11.8 Å². The van der Waals surface area contributed by atoms with Crippen LogP contribution in [0, 0.1) is 13.8 Å². The van der Waals surface area contributed by atoms with Crippen molar-refractivity contribution in [3.05, 3.63) is 46.6 Å². The number of aryl methyl sites for hydroxylation is 2. The predicted octanol–water partition coefficient (Wildman–Crippen LogP) is 2.09. The van der Waals surface area contributed by atoms with E-state index < -0.39 is 0 Å². The van der Waals surface area contributed by atoms with Crippen LogP contribution in [0.25, 0.3) is 0 Å². The number of rotatable bonds is 3. The molecule has 2 aromatic rings. The lowest BCUT2D eigenvalue weighted by Gasteiger charge is -2.33. The molecule has 0 N–H and O–H groups in total. The molecule has 8 nitrogen and oxygen atoms in total. The lowest BCUT2D eigenvalue weighted by Crippen LogP contribution is -2.47. The lowest BCUT2D eigenvalue weighted by molar-refractivity contribution is 0.0663. The van der Waals surface area contributed by atoms with E-state index in [0.29, 0.717) is 29.1 Å². The fourth-order valence-electron chi connectivity index (χ4n) is 4.31. The van der Waals surface area contributed by atoms with Crippen molar-refractivity contribution in [1.82, 2.24) is 24.8 Å². The van der Waals surface area contributed by atoms with E-state index in [4.69, 9.17) is 4.52 Å². The van der Waals surface area contributed by atoms with E-state index in [0.717, 1.165) is 51.3 Å². The molecule has 1 unspecified atom stereocenters. The number of nitrogens with zero attached hydrogens (tertiary/aromatic N) is 5. The summed E-state index contributed by atoms with van der Waals surface area (Å²) in [6, 6.07) is 3.82. The van der Waals surface area contributed by atoms with Crippen LogP contribution < -0.4 is 0 Å². The number of piperidine rings is 1. The van der Waals surface area contributed by atoms with Gasteiger partial charge in [0.25, 0.3) is 11.8 Å². The van der Waals surface area contributed by atoms with Gasteiger partial charge < -0.3 is 19.2 Å². The van der Waals surface area contributed by atoms with Gasteiger partial charge in [-0.1, -0.05) is 5.16 Å². The fourth-order valence-corrected chi connectivity index (χ4v) is 4.31. The summed E-state index contributed by atoms with van der Waals surface area (Å²) >= 11 is 0. The predicted molar refractivity (Wildman–Crippen MR) is 111 cm³/mol. The number of hydrogen-bond acceptors (Lipinski definition) is 6. The first-order valence-electron chi connectivity index (χ1n) is 10.6. The van der Waals surface area contributed by atoms with E-state index in [-0.39, 0.29) is 17.7 Å². The molecule has 4 rings (SSSR count). The van der Waals surface area contributed by atoms with Gasteiger partial charge in [0.2, 0.25) is 0 Å². The summed E-state index contributed by atoms with van der Waals surface area (Å²) in [5, 5.41) is 3.90. The molecular weight excluding hydrogens is 382 g/mol. The van der Waals surface area contributed by atoms with E-state index in [1.54, 1.807) is 20.0 Å². The molecule has 2 fully saturated rings. The third-order valence-electron chi connectivity index (χ3n) is 6.20. The van der Waals surface area contributed by atoms with Gasteiger partial charge >= 0.3 is 0 Å². The second-order valence-electron chi connectivity index (χ2n) is 8.36. The Labute approximate surface area is 176 Å². The Hall–Kier alpha value is -2.74. The van der Waals surface area contributed by atoms with Crippen LogP contribution in [-0.2, 0) is 0 Å². The summed E-state index contributed by atoms with van der Waals surface area (Å²) < 4.78 is 5.16. The highest BCUT2D eigenvalue weighted by atomic mass is 16.5. The van der Waals surface area contributed by atoms with E-state index in [1.165, 1.54) is 0 Å². The van der Waals surface area contributed by atoms with E-state index >= 15 is 0 Å². The largest absolute Gasteiger partial charge is 0.361 e. The Balaban J connectivity index is 1.43. The van der Waals surface area contributed by atoms with Crippen molar-refractivity contribution < 1.29 is 14.1 Å². The van der Waals surface area contributed by atoms with Gasteiger partial charge in [-0.05, 0) is 45.9 Å². The molecule has 4 heterocycles. The van der Waals surface area contributed by atoms with Crippen molar-refractivity contribution in [2.45, 2.75) is 32.6 Å². The third-order valence-corrected chi connectivity index (χ3v) is 6.20. The standard InChI is InChI=1S/C22H29N5O3/c1-15-20(16(2)30-24-15)22(29)27-8-4-5-18(14-27)19-7-6-17(13-23-19)21(28)26-11-9-25(3)10-12-26/h6-7,13,18H,4-5,8-12,14H2,1-3H3. The van der Waals surface area contributed by atoms with Gasteiger partial charge in [-0.15, -0.1) is 0 Å². The van der Waals surface area contributed by atoms with Crippen LogP contribution in [0.5, 0.6) is 0 Å². The van der Waals surface area contributed by atoms with Crippen LogP contribution in [-0.4, -0.2) is 83.0 Å². The van der Waals surface area contributed by atoms with Crippen molar-refractivity contribution in [2.75, 3.05) is 46.3 Å². The minimum absolute atomic E-state index is 0.0298. The smallest absolute Gasteiger partial charge is 0.259 e. The summed E-state index contributed by atoms with van der Waals surface area (Å²) in [7, 11) is 2.07. The molecule has 160 valence electrons. The van der Waals surface area contributed by atoms with Gasteiger partial charge in [-0.3, -0.25) is 14.6 Å². The average molecular weight is 412 g/mol. The molecule has 2 aliphatic rings. The Kier molecular flexibility index (Phi) is 5.85. The number of pyridine rings is 1. The quantitative estimate of drug-likeness (QED) is 0.769. The molecule has 0 aromatic carbocycles. The van der Waals surface area contributed by atoms with Crippen LogP contribution in [0.15, 0.2) is 22.9 Å². The third kappa shape index (κ3) is 4.09. The summed E-state index contributed by atoms with van der Waals surface area (Å²) in [6.07, 6.45) is 3.58. The number of aromatic nitrogens is 2. The maximum Gasteiger partial charge on any atom is 0.259 e. The number of likely N-dealkylation sites (tertiary alicyclic amines) is 1. The van der Waals surface area contributed by atoms with Crippen LogP contribution in [0.2, 0.25) is 0 Å². The zero-order valence-corrected chi connectivity index (χ0v) is 17.9. The normalized spacial score (nSPS) is 20.4. The molecular formula is C22H29N5O3. The highest BCUT2D eigenvalue weighted by Gasteiger charge is 2.29. The molecule has 2 saturated heterocycles. The molecule has 0 bridgehead atoms. The molecule has 2 aromatic heterocycles. The van der Waals surface area contributed by atoms with Crippen molar-refractivity contribution in [1.29, 1.82) is 0 Å². The molecule has 0 saturated carbocycles. The first kappa shape index (κ1) is 20.5. The first-order chi connectivity index (χ1) is 14.4. The number of piperazine rings is 1. The zero-order valence-electron chi connectivity index (χ0n) is 17.9. The van der Waals surface area contributed by atoms with Crippen LogP contribution >= 0.6 is 0 Å². The molecule has 0 spiro atoms. The summed E-state index contributed by atoms with van der Waals surface area (Å²) in [4.78, 5) is 36.3. The number of hydrogen-bond donors (Lipinski definition) is 0. The number of likely N-dealkylation sites (N-methyl/N-ethyl adjacent to an activating group) is 1. The summed E-state index contributed by atoms with van der Waals surface area (Å²) in [6.45, 7) is 8.19. The van der Waals surface area contributed by atoms with Gasteiger partial charge in [0.1, 0.15) is 11.3 Å². The Bertz CT molecular complexity index is 896. The van der Waals surface area contributed by atoms with Crippen molar-refractivity contribution in [2.24, 2.45) is 0 Å². The number of amides is 2. The molecule has 2 amide bonds. The molecule has 0 aliphatic carbocycles. The Morgan fingerprint density at radius 1 is 1.03 bits per heavy atom. The van der Waals surface area contributed by atoms with E-state index in [1.807, 2.05) is 21.9 Å². The van der Waals surface area contributed by atoms with Crippen molar-refractivity contribution in [3.63, 3.8) is 0 Å². The van der Waals surface area contributed by atoms with Gasteiger partial charge in [0, 0.05) is 57.1 Å². The second kappa shape index (κ2) is 8.55. The van der Waals surface area contributed by atoms with E-state index in [2.05, 4.69) is 22.1 Å². The van der Waals surface area contributed by atoms with Crippen LogP contribution in [0.1, 0.15) is 56.6 Å². The van der Waals surface area contributed by atoms with E-state index in [9.17, 15) is 9.59 Å². The average Bonchev–Trinajstić information content (AvgIpc) is 3.11. The minimum Gasteiger partial charge on any atom is -0.361 e. The molecule has 0 radical (unpaired) electrons. The first-order valence-corrected chi connectivity index (χ1v) is 10.6. The Morgan fingerprint density at radius 3 is 2.43 bits per heavy atom. The second-order valence-corrected chi connectivity index (χ2v) is 8.36. The molecule has 1 atom stereocenters. The lowest BCUT2D eigenvalue weighted by atomic mass is 9.93. The molecule has 30 heavy (non-hydrogen) atoms. The Morgan fingerprint density at radius 2 is 1.80 bits per heavy atom. The van der Waals surface area contributed by atoms with Crippen LogP contribution in [0.3, 0.4) is 0 Å². The van der Waals surface area contributed by atoms with Gasteiger partial charge in [0.15, 0.2) is 0 Å². The van der Waals surface area contributed by atoms with Crippen LogP contribution in [0.4, 0.5) is 0 Å². The summed E-state index contributed by atoms with van der Waals surface area (Å²) in [5.74, 6) is 0.735. The maximum absolute atomic E-state index is 13.0. The topological polar surface area (TPSA) is 82.8 Å². The van der Waals surface area contributed by atoms with Crippen molar-refractivity contribution in [3.8, 4) is 0 Å².